The van der Waals surface area contributed by atoms with Crippen LogP contribution in [0, 0.1) is 5.92 Å². The highest BCUT2D eigenvalue weighted by atomic mass is 16.4. The summed E-state index contributed by atoms with van der Waals surface area (Å²) in [4.78, 5) is 15.4. The van der Waals surface area contributed by atoms with Crippen molar-refractivity contribution in [2.24, 2.45) is 5.92 Å². The number of carboxylic acid groups (broad SMARTS) is 1. The van der Waals surface area contributed by atoms with Gasteiger partial charge in [0.25, 0.3) is 0 Å². The molecule has 2 aliphatic rings. The van der Waals surface area contributed by atoms with Crippen LogP contribution >= 0.6 is 0 Å². The van der Waals surface area contributed by atoms with E-state index in [-0.39, 0.29) is 6.54 Å². The smallest absolute Gasteiger partial charge is 0.317 e. The Morgan fingerprint density at radius 3 is 2.94 bits per heavy atom. The lowest BCUT2D eigenvalue weighted by atomic mass is 9.92. The molecule has 4 nitrogen and oxygen atoms in total. The second-order valence-electron chi connectivity index (χ2n) is 4.82. The van der Waals surface area contributed by atoms with E-state index in [1.807, 2.05) is 6.08 Å². The molecule has 2 aliphatic heterocycles. The molecule has 16 heavy (non-hydrogen) atoms. The van der Waals surface area contributed by atoms with E-state index in [4.69, 9.17) is 5.11 Å². The van der Waals surface area contributed by atoms with Crippen molar-refractivity contribution in [2.75, 3.05) is 32.7 Å². The van der Waals surface area contributed by atoms with Gasteiger partial charge in [0, 0.05) is 19.1 Å². The van der Waals surface area contributed by atoms with E-state index in [9.17, 15) is 4.79 Å². The van der Waals surface area contributed by atoms with Crippen molar-refractivity contribution in [3.63, 3.8) is 0 Å². The van der Waals surface area contributed by atoms with Crippen molar-refractivity contribution in [1.29, 1.82) is 0 Å². The second kappa shape index (κ2) is 4.97. The van der Waals surface area contributed by atoms with E-state index >= 15 is 0 Å². The largest absolute Gasteiger partial charge is 0.480 e. The van der Waals surface area contributed by atoms with Crippen LogP contribution < -0.4 is 0 Å². The van der Waals surface area contributed by atoms with E-state index in [0.29, 0.717) is 18.5 Å². The summed E-state index contributed by atoms with van der Waals surface area (Å²) in [6, 6.07) is 0.438. The molecule has 0 aromatic rings. The van der Waals surface area contributed by atoms with Gasteiger partial charge in [-0.05, 0) is 31.8 Å². The summed E-state index contributed by atoms with van der Waals surface area (Å²) in [7, 11) is 0. The molecule has 2 heterocycles. The molecule has 2 bridgehead atoms. The Morgan fingerprint density at radius 2 is 2.25 bits per heavy atom. The summed E-state index contributed by atoms with van der Waals surface area (Å²) in [5.41, 5.74) is 0. The standard InChI is InChI=1S/C12H20N2O2/c1-2-5-14(9-12(15)16)11-4-7-13-6-3-10(11)8-13/h2,10-11H,1,3-9H2,(H,15,16). The maximum absolute atomic E-state index is 10.8. The summed E-state index contributed by atoms with van der Waals surface area (Å²) in [5.74, 6) is -0.0738. The predicted octanol–water partition coefficient (Wildman–Crippen LogP) is 0.653. The fraction of sp³-hybridized carbons (Fsp3) is 0.750. The topological polar surface area (TPSA) is 43.8 Å². The number of carboxylic acids is 1. The summed E-state index contributed by atoms with van der Waals surface area (Å²) in [6.07, 6.45) is 4.13. The number of piperidine rings is 1. The Balaban J connectivity index is 2.00. The molecule has 90 valence electrons. The molecule has 3 unspecified atom stereocenters. The zero-order chi connectivity index (χ0) is 11.5. The third-order valence-electron chi connectivity index (χ3n) is 3.77. The third-order valence-corrected chi connectivity index (χ3v) is 3.77. The summed E-state index contributed by atoms with van der Waals surface area (Å²) in [6.45, 7) is 8.01. The minimum absolute atomic E-state index is 0.146. The number of fused-ring (bicyclic) bond motifs is 2. The van der Waals surface area contributed by atoms with Crippen molar-refractivity contribution in [1.82, 2.24) is 9.80 Å². The SMILES string of the molecule is C=CCN(CC(=O)O)C1CCN2CCC1C2. The highest BCUT2D eigenvalue weighted by Crippen LogP contribution is 2.30. The number of hydrogen-bond acceptors (Lipinski definition) is 3. The van der Waals surface area contributed by atoms with Crippen LogP contribution in [-0.2, 0) is 4.79 Å². The Morgan fingerprint density at radius 1 is 1.50 bits per heavy atom. The van der Waals surface area contributed by atoms with E-state index in [2.05, 4.69) is 16.4 Å². The fourth-order valence-corrected chi connectivity index (χ4v) is 3.07. The van der Waals surface area contributed by atoms with Crippen LogP contribution in [-0.4, -0.2) is 59.6 Å². The zero-order valence-electron chi connectivity index (χ0n) is 9.64. The maximum Gasteiger partial charge on any atom is 0.317 e. The van der Waals surface area contributed by atoms with Gasteiger partial charge in [0.1, 0.15) is 0 Å². The summed E-state index contributed by atoms with van der Waals surface area (Å²) >= 11 is 0. The Hall–Kier alpha value is -0.870. The molecule has 2 saturated heterocycles. The molecular formula is C12H20N2O2. The number of hydrogen-bond donors (Lipinski definition) is 1. The number of nitrogens with zero attached hydrogens (tertiary/aromatic N) is 2. The number of aliphatic carboxylic acids is 1. The lowest BCUT2D eigenvalue weighted by Crippen LogP contribution is -2.48. The van der Waals surface area contributed by atoms with Crippen LogP contribution in [0.15, 0.2) is 12.7 Å². The first-order valence-electron chi connectivity index (χ1n) is 6.00. The van der Waals surface area contributed by atoms with Gasteiger partial charge in [-0.3, -0.25) is 9.69 Å². The fourth-order valence-electron chi connectivity index (χ4n) is 3.07. The van der Waals surface area contributed by atoms with Crippen LogP contribution in [0.3, 0.4) is 0 Å². The summed E-state index contributed by atoms with van der Waals surface area (Å²) < 4.78 is 0. The average molecular weight is 224 g/mol. The normalized spacial score (nSPS) is 32.9. The molecular weight excluding hydrogens is 204 g/mol. The Bertz CT molecular complexity index is 280. The van der Waals surface area contributed by atoms with Gasteiger partial charge in [-0.2, -0.15) is 0 Å². The van der Waals surface area contributed by atoms with Crippen LogP contribution in [0.2, 0.25) is 0 Å². The van der Waals surface area contributed by atoms with E-state index in [1.165, 1.54) is 13.0 Å². The van der Waals surface area contributed by atoms with Gasteiger partial charge in [-0.25, -0.2) is 0 Å². The van der Waals surface area contributed by atoms with Crippen LogP contribution in [0.1, 0.15) is 12.8 Å². The van der Waals surface area contributed by atoms with Gasteiger partial charge in [0.15, 0.2) is 0 Å². The predicted molar refractivity (Wildman–Crippen MR) is 62.4 cm³/mol. The van der Waals surface area contributed by atoms with Crippen molar-refractivity contribution < 1.29 is 9.90 Å². The van der Waals surface area contributed by atoms with Crippen molar-refractivity contribution in [3.05, 3.63) is 12.7 Å². The van der Waals surface area contributed by atoms with Gasteiger partial charge in [-0.15, -0.1) is 6.58 Å². The molecule has 0 aromatic carbocycles. The molecule has 0 amide bonds. The molecule has 2 fully saturated rings. The minimum atomic E-state index is -0.734. The van der Waals surface area contributed by atoms with Gasteiger partial charge in [0.2, 0.25) is 0 Å². The second-order valence-corrected chi connectivity index (χ2v) is 4.82. The van der Waals surface area contributed by atoms with E-state index < -0.39 is 5.97 Å². The van der Waals surface area contributed by atoms with Gasteiger partial charge < -0.3 is 10.0 Å². The first-order valence-corrected chi connectivity index (χ1v) is 6.00. The average Bonchev–Trinajstić information content (AvgIpc) is 2.60. The quantitative estimate of drug-likeness (QED) is 0.697. The first-order chi connectivity index (χ1) is 7.70. The van der Waals surface area contributed by atoms with Crippen molar-refractivity contribution >= 4 is 5.97 Å². The molecule has 0 radical (unpaired) electrons. The molecule has 3 atom stereocenters. The number of rotatable bonds is 5. The van der Waals surface area contributed by atoms with Crippen LogP contribution in [0.4, 0.5) is 0 Å². The first kappa shape index (κ1) is 11.6. The lowest BCUT2D eigenvalue weighted by molar-refractivity contribution is -0.139. The summed E-state index contributed by atoms with van der Waals surface area (Å²) in [5, 5.41) is 8.92. The molecule has 1 N–H and O–H groups in total. The lowest BCUT2D eigenvalue weighted by Gasteiger charge is -2.37. The van der Waals surface area contributed by atoms with Crippen LogP contribution in [0.25, 0.3) is 0 Å². The molecule has 0 aromatic heterocycles. The molecule has 0 spiro atoms. The van der Waals surface area contributed by atoms with Gasteiger partial charge >= 0.3 is 5.97 Å². The zero-order valence-corrected chi connectivity index (χ0v) is 9.64. The molecule has 2 rings (SSSR count). The Kier molecular flexibility index (Phi) is 3.61. The van der Waals surface area contributed by atoms with Crippen molar-refractivity contribution in [2.45, 2.75) is 18.9 Å². The van der Waals surface area contributed by atoms with E-state index in [0.717, 1.165) is 19.5 Å². The van der Waals surface area contributed by atoms with Crippen LogP contribution in [0.5, 0.6) is 0 Å². The van der Waals surface area contributed by atoms with Gasteiger partial charge in [-0.1, -0.05) is 6.08 Å². The minimum Gasteiger partial charge on any atom is -0.480 e. The van der Waals surface area contributed by atoms with Crippen molar-refractivity contribution in [3.8, 4) is 0 Å². The highest BCUT2D eigenvalue weighted by molar-refractivity contribution is 5.69. The van der Waals surface area contributed by atoms with E-state index in [1.54, 1.807) is 0 Å². The monoisotopic (exact) mass is 224 g/mol. The maximum atomic E-state index is 10.8. The number of carbonyl (C=O) groups is 1. The molecule has 4 heteroatoms. The third kappa shape index (κ3) is 2.44. The molecule has 0 aliphatic carbocycles. The Labute approximate surface area is 96.5 Å². The molecule has 0 saturated carbocycles. The highest BCUT2D eigenvalue weighted by Gasteiger charge is 2.37. The van der Waals surface area contributed by atoms with Gasteiger partial charge in [0.05, 0.1) is 6.54 Å².